The summed E-state index contributed by atoms with van der Waals surface area (Å²) in [6, 6.07) is 3.59. The van der Waals surface area contributed by atoms with E-state index in [0.717, 1.165) is 12.8 Å². The Balaban J connectivity index is 1.67. The molecule has 2 amide bonds. The van der Waals surface area contributed by atoms with Crippen LogP contribution in [0.5, 0.6) is 11.8 Å². The second-order valence-electron chi connectivity index (χ2n) is 7.53. The summed E-state index contributed by atoms with van der Waals surface area (Å²) in [5, 5.41) is 0. The zero-order valence-electron chi connectivity index (χ0n) is 17.2. The number of nitrogens with zero attached hydrogens (tertiary/aromatic N) is 3. The van der Waals surface area contributed by atoms with Crippen molar-refractivity contribution in [2.75, 3.05) is 34.4 Å². The van der Waals surface area contributed by atoms with Gasteiger partial charge in [-0.2, -0.15) is 4.98 Å². The number of piperidine rings is 1. The molecule has 1 aromatic heterocycles. The van der Waals surface area contributed by atoms with Gasteiger partial charge in [0, 0.05) is 32.3 Å². The Hall–Kier alpha value is -2.35. The summed E-state index contributed by atoms with van der Waals surface area (Å²) >= 11 is 0. The fourth-order valence-corrected chi connectivity index (χ4v) is 4.29. The van der Waals surface area contributed by atoms with Crippen molar-refractivity contribution in [1.29, 1.82) is 0 Å². The number of amides is 2. The van der Waals surface area contributed by atoms with Gasteiger partial charge in [0.15, 0.2) is 6.10 Å². The van der Waals surface area contributed by atoms with Crippen LogP contribution in [0, 0.1) is 5.92 Å². The van der Waals surface area contributed by atoms with E-state index in [0.29, 0.717) is 30.5 Å². The SMILES string of the molecule is COc1ccc(C(=O)N2CCC(C3C(OC)C(=O)N3C(C)C)CC2)c(OC)n1. The zero-order chi connectivity index (χ0) is 20.4. The first-order valence-electron chi connectivity index (χ1n) is 9.66. The lowest BCUT2D eigenvalue weighted by molar-refractivity contribution is -0.181. The predicted octanol–water partition coefficient (Wildman–Crippen LogP) is 1.59. The monoisotopic (exact) mass is 391 g/mol. The maximum Gasteiger partial charge on any atom is 0.259 e. The molecule has 0 N–H and O–H groups in total. The van der Waals surface area contributed by atoms with Gasteiger partial charge in [-0.25, -0.2) is 0 Å². The molecule has 0 aromatic carbocycles. The van der Waals surface area contributed by atoms with Crippen LogP contribution in [0.4, 0.5) is 0 Å². The minimum atomic E-state index is -0.361. The summed E-state index contributed by atoms with van der Waals surface area (Å²) in [7, 11) is 4.60. The number of aromatic nitrogens is 1. The van der Waals surface area contributed by atoms with Gasteiger partial charge >= 0.3 is 0 Å². The second-order valence-corrected chi connectivity index (χ2v) is 7.53. The van der Waals surface area contributed by atoms with Crippen LogP contribution in [-0.4, -0.2) is 79.2 Å². The Morgan fingerprint density at radius 1 is 1.14 bits per heavy atom. The Labute approximate surface area is 165 Å². The summed E-state index contributed by atoms with van der Waals surface area (Å²) < 4.78 is 15.8. The molecule has 3 rings (SSSR count). The normalized spacial score (nSPS) is 23.0. The van der Waals surface area contributed by atoms with Gasteiger partial charge in [-0.15, -0.1) is 0 Å². The Morgan fingerprint density at radius 2 is 1.82 bits per heavy atom. The summed E-state index contributed by atoms with van der Waals surface area (Å²) in [6.45, 7) is 5.31. The van der Waals surface area contributed by atoms with Crippen LogP contribution in [0.1, 0.15) is 37.0 Å². The number of ether oxygens (including phenoxy) is 3. The van der Waals surface area contributed by atoms with E-state index >= 15 is 0 Å². The van der Waals surface area contributed by atoms with Crippen LogP contribution < -0.4 is 9.47 Å². The molecule has 0 aliphatic carbocycles. The third-order valence-electron chi connectivity index (χ3n) is 5.72. The van der Waals surface area contributed by atoms with Crippen molar-refractivity contribution in [3.05, 3.63) is 17.7 Å². The van der Waals surface area contributed by atoms with Crippen LogP contribution in [0.2, 0.25) is 0 Å². The van der Waals surface area contributed by atoms with Crippen LogP contribution in [0.3, 0.4) is 0 Å². The third kappa shape index (κ3) is 3.53. The van der Waals surface area contributed by atoms with Crippen molar-refractivity contribution in [2.45, 2.75) is 44.9 Å². The topological polar surface area (TPSA) is 81.2 Å². The summed E-state index contributed by atoms with van der Waals surface area (Å²) in [5.41, 5.74) is 0.430. The number of methoxy groups -OCH3 is 3. The molecule has 0 radical (unpaired) electrons. The molecule has 8 nitrogen and oxygen atoms in total. The Kier molecular flexibility index (Phi) is 6.07. The molecule has 0 saturated carbocycles. The maximum atomic E-state index is 13.0. The van der Waals surface area contributed by atoms with Crippen LogP contribution in [0.15, 0.2) is 12.1 Å². The van der Waals surface area contributed by atoms with E-state index < -0.39 is 0 Å². The van der Waals surface area contributed by atoms with Crippen molar-refractivity contribution in [3.63, 3.8) is 0 Å². The number of carbonyl (C=O) groups excluding carboxylic acids is 2. The van der Waals surface area contributed by atoms with E-state index in [9.17, 15) is 9.59 Å². The average Bonchev–Trinajstić information content (AvgIpc) is 2.71. The highest BCUT2D eigenvalue weighted by atomic mass is 16.5. The zero-order valence-corrected chi connectivity index (χ0v) is 17.2. The highest BCUT2D eigenvalue weighted by molar-refractivity contribution is 5.96. The fraction of sp³-hybridized carbons (Fsp3) is 0.650. The van der Waals surface area contributed by atoms with Crippen LogP contribution in [-0.2, 0) is 9.53 Å². The van der Waals surface area contributed by atoms with Gasteiger partial charge in [0.05, 0.1) is 20.3 Å². The van der Waals surface area contributed by atoms with Gasteiger partial charge in [-0.3, -0.25) is 9.59 Å². The van der Waals surface area contributed by atoms with E-state index in [-0.39, 0.29) is 35.9 Å². The summed E-state index contributed by atoms with van der Waals surface area (Å²) in [5.74, 6) is 0.960. The molecule has 8 heteroatoms. The molecule has 2 aliphatic rings. The molecule has 3 heterocycles. The van der Waals surface area contributed by atoms with Crippen molar-refractivity contribution < 1.29 is 23.8 Å². The maximum absolute atomic E-state index is 13.0. The molecule has 2 atom stereocenters. The number of likely N-dealkylation sites (tertiary alicyclic amines) is 2. The number of rotatable bonds is 6. The van der Waals surface area contributed by atoms with Gasteiger partial charge in [-0.05, 0) is 38.7 Å². The Morgan fingerprint density at radius 3 is 2.36 bits per heavy atom. The van der Waals surface area contributed by atoms with Crippen molar-refractivity contribution in [2.24, 2.45) is 5.92 Å². The van der Waals surface area contributed by atoms with Crippen LogP contribution >= 0.6 is 0 Å². The highest BCUT2D eigenvalue weighted by Gasteiger charge is 2.52. The summed E-state index contributed by atoms with van der Waals surface area (Å²) in [6.07, 6.45) is 1.30. The lowest BCUT2D eigenvalue weighted by atomic mass is 9.79. The molecular weight excluding hydrogens is 362 g/mol. The molecule has 2 saturated heterocycles. The highest BCUT2D eigenvalue weighted by Crippen LogP contribution is 2.36. The van der Waals surface area contributed by atoms with Gasteiger partial charge in [0.25, 0.3) is 11.8 Å². The number of β-lactam (4-membered cyclic amide) rings is 1. The molecule has 154 valence electrons. The lowest BCUT2D eigenvalue weighted by Gasteiger charge is -2.53. The molecule has 2 unspecified atom stereocenters. The quantitative estimate of drug-likeness (QED) is 0.685. The average molecular weight is 391 g/mol. The van der Waals surface area contributed by atoms with Crippen molar-refractivity contribution in [1.82, 2.24) is 14.8 Å². The first kappa shape index (κ1) is 20.4. The summed E-state index contributed by atoms with van der Waals surface area (Å²) in [4.78, 5) is 33.2. The number of carbonyl (C=O) groups is 2. The van der Waals surface area contributed by atoms with E-state index in [4.69, 9.17) is 14.2 Å². The fourth-order valence-electron chi connectivity index (χ4n) is 4.29. The number of pyridine rings is 1. The smallest absolute Gasteiger partial charge is 0.259 e. The first-order chi connectivity index (χ1) is 13.4. The molecule has 0 spiro atoms. The molecule has 2 aliphatic heterocycles. The molecule has 1 aromatic rings. The number of hydrogen-bond acceptors (Lipinski definition) is 6. The number of hydrogen-bond donors (Lipinski definition) is 0. The predicted molar refractivity (Wildman–Crippen MR) is 103 cm³/mol. The van der Waals surface area contributed by atoms with Crippen molar-refractivity contribution in [3.8, 4) is 11.8 Å². The van der Waals surface area contributed by atoms with Gasteiger partial charge in [0.2, 0.25) is 11.8 Å². The standard InChI is InChI=1S/C20H29N3O5/c1-12(2)23-16(17(27-4)20(23)25)13-8-10-22(11-9-13)19(24)14-6-7-15(26-3)21-18(14)28-5/h6-7,12-13,16-17H,8-11H2,1-5H3. The molecule has 28 heavy (non-hydrogen) atoms. The lowest BCUT2D eigenvalue weighted by Crippen LogP contribution is -2.70. The minimum absolute atomic E-state index is 0.0649. The van der Waals surface area contributed by atoms with Gasteiger partial charge < -0.3 is 24.0 Å². The van der Waals surface area contributed by atoms with Gasteiger partial charge in [0.1, 0.15) is 5.56 Å². The van der Waals surface area contributed by atoms with Gasteiger partial charge in [-0.1, -0.05) is 0 Å². The minimum Gasteiger partial charge on any atom is -0.481 e. The van der Waals surface area contributed by atoms with E-state index in [2.05, 4.69) is 4.98 Å². The first-order valence-corrected chi connectivity index (χ1v) is 9.66. The van der Waals surface area contributed by atoms with E-state index in [1.54, 1.807) is 19.2 Å². The largest absolute Gasteiger partial charge is 0.481 e. The second kappa shape index (κ2) is 8.34. The third-order valence-corrected chi connectivity index (χ3v) is 5.72. The van der Waals surface area contributed by atoms with E-state index in [1.807, 2.05) is 23.6 Å². The van der Waals surface area contributed by atoms with Crippen molar-refractivity contribution >= 4 is 11.8 Å². The van der Waals surface area contributed by atoms with E-state index in [1.165, 1.54) is 14.2 Å². The molecule has 2 fully saturated rings. The molecule has 0 bridgehead atoms. The Bertz CT molecular complexity index is 731. The van der Waals surface area contributed by atoms with Crippen LogP contribution in [0.25, 0.3) is 0 Å². The molecular formula is C20H29N3O5.